The molecule has 0 bridgehead atoms. The van der Waals surface area contributed by atoms with Crippen LogP contribution in [-0.4, -0.2) is 53.2 Å². The first kappa shape index (κ1) is 17.0. The van der Waals surface area contributed by atoms with E-state index in [0.29, 0.717) is 11.3 Å². The minimum Gasteiger partial charge on any atom is -0.465 e. The zero-order valence-electron chi connectivity index (χ0n) is 13.0. The van der Waals surface area contributed by atoms with Crippen LogP contribution in [0.1, 0.15) is 13.8 Å². The van der Waals surface area contributed by atoms with E-state index in [9.17, 15) is 14.4 Å². The third-order valence-electron chi connectivity index (χ3n) is 3.25. The fourth-order valence-electron chi connectivity index (χ4n) is 2.24. The summed E-state index contributed by atoms with van der Waals surface area (Å²) < 4.78 is 4.64. The first-order chi connectivity index (χ1) is 10.8. The van der Waals surface area contributed by atoms with Crippen molar-refractivity contribution in [2.75, 3.05) is 13.7 Å². The van der Waals surface area contributed by atoms with Gasteiger partial charge in [0.15, 0.2) is 0 Å². The van der Waals surface area contributed by atoms with Gasteiger partial charge in [0.2, 0.25) is 16.9 Å². The monoisotopic (exact) mass is 335 g/mol. The number of hydrogen-bond acceptors (Lipinski definition) is 5. The van der Waals surface area contributed by atoms with Crippen molar-refractivity contribution in [3.8, 4) is 0 Å². The lowest BCUT2D eigenvalue weighted by atomic mass is 9.92. The lowest BCUT2D eigenvalue weighted by Crippen LogP contribution is -2.50. The van der Waals surface area contributed by atoms with Gasteiger partial charge in [-0.1, -0.05) is 12.2 Å². The zero-order valence-corrected chi connectivity index (χ0v) is 13.8. The molecule has 23 heavy (non-hydrogen) atoms. The van der Waals surface area contributed by atoms with Crippen LogP contribution >= 0.6 is 12.2 Å². The van der Waals surface area contributed by atoms with Gasteiger partial charge < -0.3 is 10.1 Å². The summed E-state index contributed by atoms with van der Waals surface area (Å²) in [6, 6.07) is -0.0323. The molecule has 2 amide bonds. The Labute approximate surface area is 139 Å². The van der Waals surface area contributed by atoms with E-state index in [1.54, 1.807) is 6.08 Å². The number of esters is 1. The van der Waals surface area contributed by atoms with Crippen molar-refractivity contribution in [1.29, 1.82) is 0 Å². The highest BCUT2D eigenvalue weighted by Crippen LogP contribution is 2.22. The molecule has 0 aromatic heterocycles. The molecule has 0 aromatic carbocycles. The van der Waals surface area contributed by atoms with Crippen LogP contribution in [0.4, 0.5) is 0 Å². The van der Waals surface area contributed by atoms with Crippen molar-refractivity contribution in [2.45, 2.75) is 19.9 Å². The molecule has 2 rings (SSSR count). The van der Waals surface area contributed by atoms with E-state index in [2.05, 4.69) is 15.0 Å². The predicted molar refractivity (Wildman–Crippen MR) is 87.8 cm³/mol. The van der Waals surface area contributed by atoms with Gasteiger partial charge in [0.25, 0.3) is 0 Å². The Morgan fingerprint density at radius 1 is 1.48 bits per heavy atom. The summed E-state index contributed by atoms with van der Waals surface area (Å²) in [4.78, 5) is 41.2. The number of rotatable bonds is 4. The average Bonchev–Trinajstić information content (AvgIpc) is 2.49. The topological polar surface area (TPSA) is 88.1 Å². The van der Waals surface area contributed by atoms with Gasteiger partial charge in [-0.25, -0.2) is 9.79 Å². The Balaban J connectivity index is 2.21. The third kappa shape index (κ3) is 3.70. The number of nitrogens with zero attached hydrogens (tertiary/aromatic N) is 2. The maximum absolute atomic E-state index is 12.5. The van der Waals surface area contributed by atoms with E-state index in [4.69, 9.17) is 12.2 Å². The van der Waals surface area contributed by atoms with Gasteiger partial charge in [0.1, 0.15) is 6.54 Å². The standard InChI is InChI=1S/C15H17N3O4S/c1-8(2)16-12(19)7-18-13(20)10-5-4-9(14(21)22-3)6-11(10)17-15(18)23/h4-6,8,10H,7H2,1-3H3,(H,16,19). The minimum atomic E-state index is -0.651. The zero-order chi connectivity index (χ0) is 17.1. The second kappa shape index (κ2) is 6.82. The number of fused-ring (bicyclic) bond motifs is 1. The van der Waals surface area contributed by atoms with Gasteiger partial charge in [0.05, 0.1) is 24.3 Å². The largest absolute Gasteiger partial charge is 0.465 e. The van der Waals surface area contributed by atoms with Crippen molar-refractivity contribution in [2.24, 2.45) is 10.9 Å². The first-order valence-electron chi connectivity index (χ1n) is 7.05. The summed E-state index contributed by atoms with van der Waals surface area (Å²) in [5.74, 6) is -1.81. The van der Waals surface area contributed by atoms with Crippen molar-refractivity contribution in [1.82, 2.24) is 10.2 Å². The number of thiocarbonyl (C=S) groups is 1. The maximum atomic E-state index is 12.5. The summed E-state index contributed by atoms with van der Waals surface area (Å²) in [5, 5.41) is 2.71. The van der Waals surface area contributed by atoms with E-state index < -0.39 is 11.9 Å². The number of aliphatic imine (C=N–C) groups is 1. The predicted octanol–water partition coefficient (Wildman–Crippen LogP) is 0.365. The minimum absolute atomic E-state index is 0.0101. The number of allylic oxidation sites excluding steroid dienone is 1. The van der Waals surface area contributed by atoms with Gasteiger partial charge in [0, 0.05) is 6.04 Å². The Morgan fingerprint density at radius 2 is 2.17 bits per heavy atom. The molecule has 8 heteroatoms. The molecule has 1 heterocycles. The first-order valence-corrected chi connectivity index (χ1v) is 7.45. The number of amides is 2. The molecule has 1 aliphatic heterocycles. The van der Waals surface area contributed by atoms with E-state index >= 15 is 0 Å². The van der Waals surface area contributed by atoms with E-state index in [-0.39, 0.29) is 29.5 Å². The summed E-state index contributed by atoms with van der Waals surface area (Å²) in [6.45, 7) is 3.48. The molecule has 1 aliphatic carbocycles. The molecule has 1 N–H and O–H groups in total. The molecule has 0 saturated heterocycles. The normalized spacial score (nSPS) is 20.0. The number of carbonyl (C=O) groups is 3. The van der Waals surface area contributed by atoms with Gasteiger partial charge in [-0.15, -0.1) is 0 Å². The van der Waals surface area contributed by atoms with Crippen LogP contribution in [0.15, 0.2) is 28.8 Å². The van der Waals surface area contributed by atoms with Gasteiger partial charge >= 0.3 is 5.97 Å². The molecule has 0 radical (unpaired) electrons. The van der Waals surface area contributed by atoms with Crippen LogP contribution in [-0.2, 0) is 19.1 Å². The maximum Gasteiger partial charge on any atom is 0.337 e. The van der Waals surface area contributed by atoms with Crippen LogP contribution in [0.3, 0.4) is 0 Å². The second-order valence-electron chi connectivity index (χ2n) is 5.39. The highest BCUT2D eigenvalue weighted by Gasteiger charge is 2.36. The summed E-state index contributed by atoms with van der Waals surface area (Å²) >= 11 is 5.11. The molecular formula is C15H17N3O4S. The molecule has 0 aromatic rings. The SMILES string of the molecule is COC(=O)C1=CC2=NC(=S)N(CC(=O)NC(C)C)C(=O)C2C=C1. The third-order valence-corrected chi connectivity index (χ3v) is 3.56. The molecular weight excluding hydrogens is 318 g/mol. The fraction of sp³-hybridized carbons (Fsp3) is 0.400. The van der Waals surface area contributed by atoms with Crippen molar-refractivity contribution in [3.63, 3.8) is 0 Å². The van der Waals surface area contributed by atoms with E-state index in [0.717, 1.165) is 0 Å². The number of hydrogen-bond donors (Lipinski definition) is 1. The molecule has 0 saturated carbocycles. The number of carbonyl (C=O) groups excluding carboxylic acids is 3. The highest BCUT2D eigenvalue weighted by atomic mass is 32.1. The number of methoxy groups -OCH3 is 1. The van der Waals surface area contributed by atoms with Crippen molar-refractivity contribution < 1.29 is 19.1 Å². The molecule has 2 aliphatic rings. The lowest BCUT2D eigenvalue weighted by molar-refractivity contribution is -0.135. The quantitative estimate of drug-likeness (QED) is 0.592. The van der Waals surface area contributed by atoms with Gasteiger partial charge in [-0.3, -0.25) is 14.5 Å². The Kier molecular flexibility index (Phi) is 5.05. The van der Waals surface area contributed by atoms with Crippen molar-refractivity contribution >= 4 is 40.8 Å². The fourth-order valence-corrected chi connectivity index (χ4v) is 2.50. The van der Waals surface area contributed by atoms with Crippen molar-refractivity contribution in [3.05, 3.63) is 23.8 Å². The average molecular weight is 335 g/mol. The Morgan fingerprint density at radius 3 is 2.78 bits per heavy atom. The summed E-state index contributed by atoms with van der Waals surface area (Å²) in [7, 11) is 1.27. The van der Waals surface area contributed by atoms with E-state index in [1.165, 1.54) is 24.2 Å². The van der Waals surface area contributed by atoms with Crippen LogP contribution in [0.5, 0.6) is 0 Å². The highest BCUT2D eigenvalue weighted by molar-refractivity contribution is 7.80. The van der Waals surface area contributed by atoms with Crippen LogP contribution in [0.2, 0.25) is 0 Å². The van der Waals surface area contributed by atoms with E-state index in [1.807, 2.05) is 13.8 Å². The van der Waals surface area contributed by atoms with Gasteiger partial charge in [-0.05, 0) is 32.1 Å². The molecule has 0 fully saturated rings. The lowest BCUT2D eigenvalue weighted by Gasteiger charge is -2.30. The number of nitrogens with one attached hydrogen (secondary N) is 1. The molecule has 1 atom stereocenters. The molecule has 0 spiro atoms. The van der Waals surface area contributed by atoms with Crippen LogP contribution in [0.25, 0.3) is 0 Å². The van der Waals surface area contributed by atoms with Crippen LogP contribution < -0.4 is 5.32 Å². The molecule has 122 valence electrons. The molecule has 7 nitrogen and oxygen atoms in total. The summed E-state index contributed by atoms with van der Waals surface area (Å²) in [6.07, 6.45) is 4.54. The van der Waals surface area contributed by atoms with Gasteiger partial charge in [-0.2, -0.15) is 0 Å². The molecule has 1 unspecified atom stereocenters. The number of ether oxygens (including phenoxy) is 1. The Bertz CT molecular complexity index is 664. The summed E-state index contributed by atoms with van der Waals surface area (Å²) in [5.41, 5.74) is 0.674. The second-order valence-corrected chi connectivity index (χ2v) is 5.76. The van der Waals surface area contributed by atoms with Crippen LogP contribution in [0, 0.1) is 5.92 Å². The Hall–Kier alpha value is -2.35. The smallest absolute Gasteiger partial charge is 0.337 e.